The Bertz CT molecular complexity index is 354. The van der Waals surface area contributed by atoms with Gasteiger partial charge in [-0.2, -0.15) is 11.8 Å². The Morgan fingerprint density at radius 2 is 1.89 bits per heavy atom. The van der Waals surface area contributed by atoms with Crippen molar-refractivity contribution in [3.05, 3.63) is 60.4 Å². The van der Waals surface area contributed by atoms with Gasteiger partial charge in [-0.3, -0.25) is 0 Å². The fraction of sp³-hybridized carbons (Fsp3) is 0.375. The maximum Gasteiger partial charge on any atom is 0.0479 e. The lowest BCUT2D eigenvalue weighted by molar-refractivity contribution is 0.887. The fourth-order valence-corrected chi connectivity index (χ4v) is 2.22. The standard InChI is InChI=1S/C14H19NS.C2H6/c1-5-15-12(3)14(16-4)10-13-8-6-11(2)7-9-13;1-2/h5-9,14-15H,1,3,10H2,2,4H3;1-2H3. The van der Waals surface area contributed by atoms with Gasteiger partial charge < -0.3 is 5.32 Å². The van der Waals surface area contributed by atoms with Gasteiger partial charge >= 0.3 is 0 Å². The summed E-state index contributed by atoms with van der Waals surface area (Å²) in [5.74, 6) is 0. The van der Waals surface area contributed by atoms with E-state index in [0.717, 1.165) is 12.1 Å². The molecule has 0 aromatic heterocycles. The first kappa shape index (κ1) is 16.9. The van der Waals surface area contributed by atoms with Gasteiger partial charge in [0, 0.05) is 10.9 Å². The highest BCUT2D eigenvalue weighted by molar-refractivity contribution is 7.99. The molecule has 0 fully saturated rings. The van der Waals surface area contributed by atoms with Crippen molar-refractivity contribution < 1.29 is 0 Å². The van der Waals surface area contributed by atoms with E-state index in [2.05, 4.69) is 55.9 Å². The normalized spacial score (nSPS) is 10.9. The van der Waals surface area contributed by atoms with Crippen molar-refractivity contribution in [2.75, 3.05) is 6.26 Å². The van der Waals surface area contributed by atoms with Crippen LogP contribution in [0.4, 0.5) is 0 Å². The van der Waals surface area contributed by atoms with E-state index < -0.39 is 0 Å². The first-order chi connectivity index (χ1) is 8.67. The van der Waals surface area contributed by atoms with E-state index >= 15 is 0 Å². The van der Waals surface area contributed by atoms with E-state index in [4.69, 9.17) is 0 Å². The second-order valence-electron chi connectivity index (χ2n) is 3.79. The Morgan fingerprint density at radius 3 is 2.33 bits per heavy atom. The summed E-state index contributed by atoms with van der Waals surface area (Å²) < 4.78 is 0. The van der Waals surface area contributed by atoms with Crippen molar-refractivity contribution >= 4 is 11.8 Å². The van der Waals surface area contributed by atoms with Crippen LogP contribution in [0.3, 0.4) is 0 Å². The predicted octanol–water partition coefficient (Wildman–Crippen LogP) is 4.54. The topological polar surface area (TPSA) is 12.0 Å². The van der Waals surface area contributed by atoms with Gasteiger partial charge in [0.25, 0.3) is 0 Å². The molecule has 1 atom stereocenters. The molecule has 0 radical (unpaired) electrons. The lowest BCUT2D eigenvalue weighted by Gasteiger charge is -2.17. The highest BCUT2D eigenvalue weighted by Crippen LogP contribution is 2.19. The molecule has 1 aromatic rings. The molecule has 1 aromatic carbocycles. The zero-order valence-electron chi connectivity index (χ0n) is 12.0. The van der Waals surface area contributed by atoms with Gasteiger partial charge in [-0.25, -0.2) is 0 Å². The Hall–Kier alpha value is -1.15. The highest BCUT2D eigenvalue weighted by atomic mass is 32.2. The summed E-state index contributed by atoms with van der Waals surface area (Å²) in [5, 5.41) is 3.47. The fourth-order valence-electron chi connectivity index (χ4n) is 1.51. The molecule has 0 heterocycles. The molecule has 0 aliphatic heterocycles. The van der Waals surface area contributed by atoms with Crippen LogP contribution in [0.15, 0.2) is 49.3 Å². The second-order valence-corrected chi connectivity index (χ2v) is 4.83. The third-order valence-corrected chi connectivity index (χ3v) is 3.52. The van der Waals surface area contributed by atoms with Crippen LogP contribution in [0.5, 0.6) is 0 Å². The van der Waals surface area contributed by atoms with Gasteiger partial charge in [-0.05, 0) is 31.4 Å². The summed E-state index contributed by atoms with van der Waals surface area (Å²) in [5.41, 5.74) is 3.66. The third-order valence-electron chi connectivity index (χ3n) is 2.50. The average molecular weight is 263 g/mol. The van der Waals surface area contributed by atoms with Crippen LogP contribution >= 0.6 is 11.8 Å². The minimum absolute atomic E-state index is 0.390. The number of benzene rings is 1. The lowest BCUT2D eigenvalue weighted by atomic mass is 10.1. The molecule has 0 spiro atoms. The van der Waals surface area contributed by atoms with Crippen molar-refractivity contribution in [3.63, 3.8) is 0 Å². The number of aryl methyl sites for hydroxylation is 1. The number of thioether (sulfide) groups is 1. The van der Waals surface area contributed by atoms with E-state index in [0.29, 0.717) is 5.25 Å². The van der Waals surface area contributed by atoms with Crippen LogP contribution in [-0.4, -0.2) is 11.5 Å². The SMILES string of the molecule is C=CNC(=C)C(Cc1ccc(C)cc1)SC.CC. The number of rotatable bonds is 6. The van der Waals surface area contributed by atoms with Crippen LogP contribution in [-0.2, 0) is 6.42 Å². The van der Waals surface area contributed by atoms with Crippen LogP contribution in [0.2, 0.25) is 0 Å². The van der Waals surface area contributed by atoms with Crippen molar-refractivity contribution in [2.24, 2.45) is 0 Å². The minimum Gasteiger partial charge on any atom is -0.365 e. The average Bonchev–Trinajstić information content (AvgIpc) is 2.40. The summed E-state index contributed by atoms with van der Waals surface area (Å²) in [4.78, 5) is 0. The van der Waals surface area contributed by atoms with E-state index in [1.54, 1.807) is 6.20 Å². The first-order valence-corrected chi connectivity index (χ1v) is 7.60. The monoisotopic (exact) mass is 263 g/mol. The molecule has 1 unspecified atom stereocenters. The van der Waals surface area contributed by atoms with Gasteiger partial charge in [0.05, 0.1) is 0 Å². The predicted molar refractivity (Wildman–Crippen MR) is 86.0 cm³/mol. The van der Waals surface area contributed by atoms with E-state index in [1.807, 2.05) is 25.6 Å². The van der Waals surface area contributed by atoms with Crippen LogP contribution in [0.25, 0.3) is 0 Å². The first-order valence-electron chi connectivity index (χ1n) is 6.32. The quantitative estimate of drug-likeness (QED) is 0.808. The Morgan fingerprint density at radius 1 is 1.33 bits per heavy atom. The minimum atomic E-state index is 0.390. The molecule has 1 nitrogen and oxygen atoms in total. The molecule has 0 saturated carbocycles. The van der Waals surface area contributed by atoms with Crippen LogP contribution in [0.1, 0.15) is 25.0 Å². The summed E-state index contributed by atoms with van der Waals surface area (Å²) in [7, 11) is 0. The van der Waals surface area contributed by atoms with Gasteiger partial charge in [-0.1, -0.05) is 56.8 Å². The van der Waals surface area contributed by atoms with E-state index in [-0.39, 0.29) is 0 Å². The van der Waals surface area contributed by atoms with Crippen molar-refractivity contribution in [1.82, 2.24) is 5.32 Å². The van der Waals surface area contributed by atoms with Crippen molar-refractivity contribution in [2.45, 2.75) is 32.4 Å². The van der Waals surface area contributed by atoms with Gasteiger partial charge in [0.2, 0.25) is 0 Å². The number of hydrogen-bond donors (Lipinski definition) is 1. The Balaban J connectivity index is 0.00000137. The maximum absolute atomic E-state index is 4.03. The molecule has 2 heteroatoms. The van der Waals surface area contributed by atoms with Gasteiger partial charge in [0.15, 0.2) is 0 Å². The largest absolute Gasteiger partial charge is 0.365 e. The second kappa shape index (κ2) is 9.84. The van der Waals surface area contributed by atoms with E-state index in [9.17, 15) is 0 Å². The molecule has 1 N–H and O–H groups in total. The molecule has 0 bridgehead atoms. The number of hydrogen-bond acceptors (Lipinski definition) is 2. The number of nitrogens with one attached hydrogen (secondary N) is 1. The van der Waals surface area contributed by atoms with Gasteiger partial charge in [-0.15, -0.1) is 0 Å². The van der Waals surface area contributed by atoms with Crippen molar-refractivity contribution in [3.8, 4) is 0 Å². The summed E-state index contributed by atoms with van der Waals surface area (Å²) in [6, 6.07) is 8.66. The maximum atomic E-state index is 4.03. The molecule has 0 saturated heterocycles. The zero-order chi connectivity index (χ0) is 14.0. The summed E-state index contributed by atoms with van der Waals surface area (Å²) in [6.45, 7) is 13.8. The van der Waals surface area contributed by atoms with Crippen molar-refractivity contribution in [1.29, 1.82) is 0 Å². The summed E-state index contributed by atoms with van der Waals surface area (Å²) in [6.07, 6.45) is 4.79. The smallest absolute Gasteiger partial charge is 0.0479 e. The molecule has 1 rings (SSSR count). The van der Waals surface area contributed by atoms with E-state index in [1.165, 1.54) is 11.1 Å². The molecule has 100 valence electrons. The zero-order valence-corrected chi connectivity index (χ0v) is 12.8. The molecule has 0 amide bonds. The lowest BCUT2D eigenvalue weighted by Crippen LogP contribution is -2.18. The molecular weight excluding hydrogens is 238 g/mol. The molecule has 0 aliphatic carbocycles. The molecule has 0 aliphatic rings. The summed E-state index contributed by atoms with van der Waals surface area (Å²) >= 11 is 1.81. The van der Waals surface area contributed by atoms with Gasteiger partial charge in [0.1, 0.15) is 0 Å². The van der Waals surface area contributed by atoms with Crippen LogP contribution in [0, 0.1) is 6.92 Å². The molecular formula is C16H25NS. The third kappa shape index (κ3) is 5.97. The Labute approximate surface area is 116 Å². The molecule has 18 heavy (non-hydrogen) atoms. The van der Waals surface area contributed by atoms with Crippen LogP contribution < -0.4 is 5.32 Å². The highest BCUT2D eigenvalue weighted by Gasteiger charge is 2.10. The Kier molecular flexibility index (Phi) is 9.21.